The number of benzene rings is 1. The molecule has 1 rings (SSSR count). The summed E-state index contributed by atoms with van der Waals surface area (Å²) in [6.45, 7) is 2.54. The van der Waals surface area contributed by atoms with E-state index in [4.69, 9.17) is 5.73 Å². The molecule has 13 heavy (non-hydrogen) atoms. The van der Waals surface area contributed by atoms with Gasteiger partial charge in [-0.1, -0.05) is 17.9 Å². The summed E-state index contributed by atoms with van der Waals surface area (Å²) in [5.41, 5.74) is 7.25. The minimum absolute atomic E-state index is 0.252. The van der Waals surface area contributed by atoms with Crippen LogP contribution in [0.25, 0.3) is 0 Å². The number of phenolic OH excluding ortho intramolecular Hbond substituents is 1. The van der Waals surface area contributed by atoms with E-state index in [1.165, 1.54) is 0 Å². The summed E-state index contributed by atoms with van der Waals surface area (Å²) < 4.78 is 0. The van der Waals surface area contributed by atoms with Crippen LogP contribution in [0.3, 0.4) is 0 Å². The van der Waals surface area contributed by atoms with E-state index in [9.17, 15) is 5.11 Å². The largest absolute Gasteiger partial charge is 0.508 e. The molecule has 0 amide bonds. The minimum atomic E-state index is 0.252. The first-order chi connectivity index (χ1) is 6.24. The third-order valence-electron chi connectivity index (χ3n) is 1.71. The van der Waals surface area contributed by atoms with Crippen LogP contribution in [-0.2, 0) is 0 Å². The van der Waals surface area contributed by atoms with Crippen molar-refractivity contribution in [3.05, 3.63) is 29.3 Å². The fraction of sp³-hybridized carbons (Fsp3) is 0.273. The highest BCUT2D eigenvalue weighted by molar-refractivity contribution is 5.44. The molecule has 0 aromatic heterocycles. The van der Waals surface area contributed by atoms with Gasteiger partial charge in [0.2, 0.25) is 0 Å². The Bertz CT molecular complexity index is 347. The molecule has 2 nitrogen and oxygen atoms in total. The van der Waals surface area contributed by atoms with E-state index >= 15 is 0 Å². The molecule has 0 fully saturated rings. The summed E-state index contributed by atoms with van der Waals surface area (Å²) in [6.07, 6.45) is 0.690. The number of hydrogen-bond acceptors (Lipinski definition) is 2. The summed E-state index contributed by atoms with van der Waals surface area (Å²) in [6, 6.07) is 5.17. The maximum Gasteiger partial charge on any atom is 0.116 e. The van der Waals surface area contributed by atoms with Crippen molar-refractivity contribution < 1.29 is 5.11 Å². The number of hydrogen-bond donors (Lipinski definition) is 2. The first kappa shape index (κ1) is 9.63. The number of nitrogens with two attached hydrogens (primary N) is 1. The monoisotopic (exact) mass is 175 g/mol. The van der Waals surface area contributed by atoms with Crippen molar-refractivity contribution in [1.82, 2.24) is 0 Å². The third kappa shape index (κ3) is 2.81. The zero-order chi connectivity index (χ0) is 9.68. The molecule has 1 aromatic rings. The van der Waals surface area contributed by atoms with Crippen LogP contribution < -0.4 is 5.73 Å². The molecule has 2 heteroatoms. The maximum absolute atomic E-state index is 9.20. The topological polar surface area (TPSA) is 46.2 Å². The Labute approximate surface area is 78.4 Å². The van der Waals surface area contributed by atoms with E-state index in [2.05, 4.69) is 11.8 Å². The van der Waals surface area contributed by atoms with Gasteiger partial charge in [0.25, 0.3) is 0 Å². The fourth-order valence-corrected chi connectivity index (χ4v) is 0.975. The van der Waals surface area contributed by atoms with Gasteiger partial charge in [0.15, 0.2) is 0 Å². The second kappa shape index (κ2) is 4.54. The van der Waals surface area contributed by atoms with Gasteiger partial charge in [-0.3, -0.25) is 0 Å². The van der Waals surface area contributed by atoms with Crippen molar-refractivity contribution in [2.24, 2.45) is 5.73 Å². The molecule has 68 valence electrons. The standard InChI is InChI=1S/C11H13NO/c1-9-5-6-11(13)8-10(9)4-2-3-7-12/h5-6,8,13H,3,7,12H2,1H3. The predicted molar refractivity (Wildman–Crippen MR) is 53.4 cm³/mol. The van der Waals surface area contributed by atoms with Gasteiger partial charge in [-0.15, -0.1) is 0 Å². The van der Waals surface area contributed by atoms with Gasteiger partial charge in [-0.05, 0) is 24.6 Å². The summed E-state index contributed by atoms with van der Waals surface area (Å²) in [5.74, 6) is 6.15. The SMILES string of the molecule is Cc1ccc(O)cc1C#CCCN. The molecule has 1 aromatic carbocycles. The summed E-state index contributed by atoms with van der Waals surface area (Å²) in [7, 11) is 0. The lowest BCUT2D eigenvalue weighted by molar-refractivity contribution is 0.475. The van der Waals surface area contributed by atoms with E-state index < -0.39 is 0 Å². The van der Waals surface area contributed by atoms with Gasteiger partial charge in [-0.2, -0.15) is 0 Å². The van der Waals surface area contributed by atoms with Gasteiger partial charge >= 0.3 is 0 Å². The van der Waals surface area contributed by atoms with Crippen LogP contribution in [-0.4, -0.2) is 11.7 Å². The van der Waals surface area contributed by atoms with Gasteiger partial charge in [0.1, 0.15) is 5.75 Å². The average Bonchev–Trinajstić information content (AvgIpc) is 2.11. The molecule has 0 aliphatic rings. The number of aromatic hydroxyl groups is 1. The molecule has 0 spiro atoms. The van der Waals surface area contributed by atoms with Gasteiger partial charge in [0.05, 0.1) is 0 Å². The quantitative estimate of drug-likeness (QED) is 0.634. The Kier molecular flexibility index (Phi) is 3.36. The summed E-state index contributed by atoms with van der Waals surface area (Å²) in [5, 5.41) is 9.20. The molecule has 0 bridgehead atoms. The third-order valence-corrected chi connectivity index (χ3v) is 1.71. The minimum Gasteiger partial charge on any atom is -0.508 e. The fourth-order valence-electron chi connectivity index (χ4n) is 0.975. The highest BCUT2D eigenvalue weighted by Crippen LogP contribution is 2.14. The molecule has 0 aliphatic carbocycles. The molecule has 0 heterocycles. The van der Waals surface area contributed by atoms with Crippen LogP contribution in [0.5, 0.6) is 5.75 Å². The lowest BCUT2D eigenvalue weighted by Crippen LogP contribution is -1.95. The second-order valence-corrected chi connectivity index (χ2v) is 2.84. The lowest BCUT2D eigenvalue weighted by atomic mass is 10.1. The van der Waals surface area contributed by atoms with Gasteiger partial charge in [-0.25, -0.2) is 0 Å². The number of phenols is 1. The first-order valence-electron chi connectivity index (χ1n) is 4.22. The molecule has 0 radical (unpaired) electrons. The summed E-state index contributed by atoms with van der Waals surface area (Å²) >= 11 is 0. The molecular weight excluding hydrogens is 162 g/mol. The van der Waals surface area contributed by atoms with E-state index in [1.54, 1.807) is 12.1 Å². The van der Waals surface area contributed by atoms with Crippen molar-refractivity contribution in [3.63, 3.8) is 0 Å². The highest BCUT2D eigenvalue weighted by Gasteiger charge is 1.94. The number of aryl methyl sites for hydroxylation is 1. The molecule has 0 atom stereocenters. The molecule has 0 saturated heterocycles. The van der Waals surface area contributed by atoms with E-state index in [1.807, 2.05) is 13.0 Å². The van der Waals surface area contributed by atoms with E-state index in [0.29, 0.717) is 13.0 Å². The van der Waals surface area contributed by atoms with Crippen LogP contribution in [0.15, 0.2) is 18.2 Å². The Morgan fingerprint density at radius 2 is 2.23 bits per heavy atom. The normalized spacial score (nSPS) is 9.08. The Morgan fingerprint density at radius 3 is 2.92 bits per heavy atom. The van der Waals surface area contributed by atoms with Crippen LogP contribution in [0.4, 0.5) is 0 Å². The van der Waals surface area contributed by atoms with Crippen LogP contribution in [0.1, 0.15) is 17.5 Å². The zero-order valence-electron chi connectivity index (χ0n) is 7.67. The van der Waals surface area contributed by atoms with Crippen LogP contribution >= 0.6 is 0 Å². The van der Waals surface area contributed by atoms with E-state index in [0.717, 1.165) is 11.1 Å². The summed E-state index contributed by atoms with van der Waals surface area (Å²) in [4.78, 5) is 0. The smallest absolute Gasteiger partial charge is 0.116 e. The van der Waals surface area contributed by atoms with Crippen molar-refractivity contribution in [3.8, 4) is 17.6 Å². The van der Waals surface area contributed by atoms with Crippen molar-refractivity contribution in [2.75, 3.05) is 6.54 Å². The number of rotatable bonds is 1. The first-order valence-corrected chi connectivity index (χ1v) is 4.22. The second-order valence-electron chi connectivity index (χ2n) is 2.84. The van der Waals surface area contributed by atoms with Gasteiger partial charge in [0, 0.05) is 18.5 Å². The zero-order valence-corrected chi connectivity index (χ0v) is 7.67. The average molecular weight is 175 g/mol. The maximum atomic E-state index is 9.20. The molecule has 3 N–H and O–H groups in total. The van der Waals surface area contributed by atoms with Crippen molar-refractivity contribution in [1.29, 1.82) is 0 Å². The highest BCUT2D eigenvalue weighted by atomic mass is 16.3. The lowest BCUT2D eigenvalue weighted by Gasteiger charge is -1.97. The Balaban J connectivity index is 2.89. The molecular formula is C11H13NO. The van der Waals surface area contributed by atoms with E-state index in [-0.39, 0.29) is 5.75 Å². The molecule has 0 unspecified atom stereocenters. The predicted octanol–water partition coefficient (Wildman–Crippen LogP) is 1.40. The van der Waals surface area contributed by atoms with Crippen LogP contribution in [0.2, 0.25) is 0 Å². The van der Waals surface area contributed by atoms with Crippen molar-refractivity contribution in [2.45, 2.75) is 13.3 Å². The van der Waals surface area contributed by atoms with Crippen LogP contribution in [0, 0.1) is 18.8 Å². The van der Waals surface area contributed by atoms with Crippen molar-refractivity contribution >= 4 is 0 Å². The molecule has 0 aliphatic heterocycles. The molecule has 0 saturated carbocycles. The Morgan fingerprint density at radius 1 is 1.46 bits per heavy atom. The van der Waals surface area contributed by atoms with Gasteiger partial charge < -0.3 is 10.8 Å². The Hall–Kier alpha value is -1.46.